The van der Waals surface area contributed by atoms with E-state index in [4.69, 9.17) is 23.4 Å². The molecule has 1 heterocycles. The van der Waals surface area contributed by atoms with Crippen LogP contribution in [0.2, 0.25) is 0 Å². The average Bonchev–Trinajstić information content (AvgIpc) is 2.66. The van der Waals surface area contributed by atoms with Crippen molar-refractivity contribution in [2.45, 2.75) is 0 Å². The molecule has 0 atom stereocenters. The third-order valence-corrected chi connectivity index (χ3v) is 4.16. The topological polar surface area (TPSA) is 128 Å². The van der Waals surface area contributed by atoms with Crippen molar-refractivity contribution in [3.05, 3.63) is 28.4 Å². The van der Waals surface area contributed by atoms with Gasteiger partial charge in [0, 0.05) is 11.6 Å². The first-order chi connectivity index (χ1) is 13.4. The second kappa shape index (κ2) is 7.10. The van der Waals surface area contributed by atoms with E-state index in [0.717, 1.165) is 0 Å². The van der Waals surface area contributed by atoms with Gasteiger partial charge in [-0.2, -0.15) is 0 Å². The van der Waals surface area contributed by atoms with Crippen LogP contribution in [0.5, 0.6) is 40.2 Å². The first-order valence-electron chi connectivity index (χ1n) is 7.96. The molecule has 1 aromatic heterocycles. The van der Waals surface area contributed by atoms with Gasteiger partial charge in [-0.1, -0.05) is 0 Å². The van der Waals surface area contributed by atoms with Gasteiger partial charge in [-0.25, -0.2) is 0 Å². The summed E-state index contributed by atoms with van der Waals surface area (Å²) in [5.41, 5.74) is -0.449. The molecule has 0 spiro atoms. The summed E-state index contributed by atoms with van der Waals surface area (Å²) in [7, 11) is 5.19. The van der Waals surface area contributed by atoms with Crippen LogP contribution < -0.4 is 24.4 Å². The molecule has 0 aliphatic carbocycles. The Morgan fingerprint density at radius 3 is 1.71 bits per heavy atom. The van der Waals surface area contributed by atoms with E-state index < -0.39 is 5.43 Å². The van der Waals surface area contributed by atoms with Crippen molar-refractivity contribution in [3.8, 4) is 51.6 Å². The molecule has 2 aromatic carbocycles. The maximum absolute atomic E-state index is 13.1. The molecular weight excluding hydrogens is 372 g/mol. The van der Waals surface area contributed by atoms with E-state index in [0.29, 0.717) is 0 Å². The van der Waals surface area contributed by atoms with Crippen LogP contribution in [0.4, 0.5) is 0 Å². The molecule has 0 saturated carbocycles. The van der Waals surface area contributed by atoms with Crippen molar-refractivity contribution < 1.29 is 38.7 Å². The van der Waals surface area contributed by atoms with Crippen LogP contribution in [0.15, 0.2) is 27.4 Å². The predicted molar refractivity (Wildman–Crippen MR) is 99.1 cm³/mol. The standard InChI is InChI=1S/C19H18O9/c1-24-16-9(20)5-8(6-10(16)21)15-19(27-4)14(23)13-12(28-15)7-11(22)17(25-2)18(13)26-3/h5-7,20-22H,1-4H3. The van der Waals surface area contributed by atoms with E-state index in [2.05, 4.69) is 0 Å². The lowest BCUT2D eigenvalue weighted by molar-refractivity contribution is 0.334. The SMILES string of the molecule is COc1c(O)cc(-c2oc3cc(O)c(OC)c(OC)c3c(=O)c2OC)cc1O. The van der Waals surface area contributed by atoms with Crippen molar-refractivity contribution in [1.29, 1.82) is 0 Å². The molecular formula is C19H18O9. The molecule has 0 fully saturated rings. The van der Waals surface area contributed by atoms with Crippen LogP contribution >= 0.6 is 0 Å². The van der Waals surface area contributed by atoms with Gasteiger partial charge in [0.25, 0.3) is 0 Å². The van der Waals surface area contributed by atoms with Crippen molar-refractivity contribution in [2.75, 3.05) is 28.4 Å². The lowest BCUT2D eigenvalue weighted by Gasteiger charge is -2.15. The molecule has 0 amide bonds. The fraction of sp³-hybridized carbons (Fsp3) is 0.211. The monoisotopic (exact) mass is 390 g/mol. The Morgan fingerprint density at radius 2 is 1.21 bits per heavy atom. The zero-order valence-corrected chi connectivity index (χ0v) is 15.5. The Morgan fingerprint density at radius 1 is 0.714 bits per heavy atom. The Kier molecular flexibility index (Phi) is 4.83. The summed E-state index contributed by atoms with van der Waals surface area (Å²) in [6.07, 6.45) is 0. The Bertz CT molecular complexity index is 1090. The maximum Gasteiger partial charge on any atom is 0.239 e. The summed E-state index contributed by atoms with van der Waals surface area (Å²) in [5, 5.41) is 30.3. The summed E-state index contributed by atoms with van der Waals surface area (Å²) in [6, 6.07) is 3.68. The van der Waals surface area contributed by atoms with Gasteiger partial charge in [0.1, 0.15) is 11.0 Å². The molecule has 0 bridgehead atoms. The number of benzene rings is 2. The van der Waals surface area contributed by atoms with Gasteiger partial charge in [-0.3, -0.25) is 4.79 Å². The number of ether oxygens (including phenoxy) is 4. The van der Waals surface area contributed by atoms with E-state index in [1.807, 2.05) is 0 Å². The largest absolute Gasteiger partial charge is 0.504 e. The highest BCUT2D eigenvalue weighted by Crippen LogP contribution is 2.45. The van der Waals surface area contributed by atoms with Gasteiger partial charge >= 0.3 is 0 Å². The third kappa shape index (κ3) is 2.77. The predicted octanol–water partition coefficient (Wildman–Crippen LogP) is 2.61. The highest BCUT2D eigenvalue weighted by Gasteiger charge is 2.25. The number of aromatic hydroxyl groups is 3. The summed E-state index contributed by atoms with van der Waals surface area (Å²) >= 11 is 0. The molecule has 28 heavy (non-hydrogen) atoms. The molecule has 0 aliphatic heterocycles. The lowest BCUT2D eigenvalue weighted by Crippen LogP contribution is -2.09. The van der Waals surface area contributed by atoms with Crippen molar-refractivity contribution in [3.63, 3.8) is 0 Å². The van der Waals surface area contributed by atoms with Gasteiger partial charge in [0.15, 0.2) is 28.8 Å². The van der Waals surface area contributed by atoms with E-state index in [-0.39, 0.29) is 62.5 Å². The quantitative estimate of drug-likeness (QED) is 0.602. The van der Waals surface area contributed by atoms with Gasteiger partial charge in [0.2, 0.25) is 22.7 Å². The van der Waals surface area contributed by atoms with Crippen LogP contribution in [0.25, 0.3) is 22.3 Å². The zero-order valence-electron chi connectivity index (χ0n) is 15.5. The molecule has 9 nitrogen and oxygen atoms in total. The smallest absolute Gasteiger partial charge is 0.239 e. The molecule has 0 aliphatic rings. The number of methoxy groups -OCH3 is 4. The van der Waals surface area contributed by atoms with E-state index in [9.17, 15) is 20.1 Å². The number of hydrogen-bond acceptors (Lipinski definition) is 9. The fourth-order valence-electron chi connectivity index (χ4n) is 2.98. The Hall–Kier alpha value is -3.75. The molecule has 0 radical (unpaired) electrons. The van der Waals surface area contributed by atoms with Gasteiger partial charge in [-0.15, -0.1) is 0 Å². The number of phenols is 3. The maximum atomic E-state index is 13.1. The molecule has 3 N–H and O–H groups in total. The molecule has 148 valence electrons. The molecule has 3 aromatic rings. The van der Waals surface area contributed by atoms with Crippen LogP contribution in [0.3, 0.4) is 0 Å². The third-order valence-electron chi connectivity index (χ3n) is 4.16. The highest BCUT2D eigenvalue weighted by atomic mass is 16.5. The summed E-state index contributed by atoms with van der Waals surface area (Å²) in [6.45, 7) is 0. The minimum Gasteiger partial charge on any atom is -0.504 e. The van der Waals surface area contributed by atoms with Crippen molar-refractivity contribution >= 4 is 11.0 Å². The summed E-state index contributed by atoms with van der Waals surface area (Å²) in [5.74, 6) is -1.47. The molecule has 0 unspecified atom stereocenters. The van der Waals surface area contributed by atoms with Crippen molar-refractivity contribution in [1.82, 2.24) is 0 Å². The Labute approximate surface area is 158 Å². The number of rotatable bonds is 5. The average molecular weight is 390 g/mol. The lowest BCUT2D eigenvalue weighted by atomic mass is 10.1. The van der Waals surface area contributed by atoms with E-state index in [1.165, 1.54) is 46.6 Å². The second-order valence-electron chi connectivity index (χ2n) is 5.68. The second-order valence-corrected chi connectivity index (χ2v) is 5.68. The zero-order chi connectivity index (χ0) is 20.6. The molecule has 0 saturated heterocycles. The molecule has 3 rings (SSSR count). The van der Waals surface area contributed by atoms with Gasteiger partial charge < -0.3 is 38.7 Å². The van der Waals surface area contributed by atoms with Crippen LogP contribution in [-0.2, 0) is 0 Å². The first-order valence-corrected chi connectivity index (χ1v) is 7.96. The Balaban J connectivity index is 2.42. The van der Waals surface area contributed by atoms with Crippen LogP contribution in [0, 0.1) is 0 Å². The first kappa shape index (κ1) is 19.0. The summed E-state index contributed by atoms with van der Waals surface area (Å²) < 4.78 is 26.2. The van der Waals surface area contributed by atoms with E-state index >= 15 is 0 Å². The number of phenolic OH excluding ortho intramolecular Hbond substituents is 3. The van der Waals surface area contributed by atoms with Gasteiger partial charge in [-0.05, 0) is 12.1 Å². The molecule has 9 heteroatoms. The normalized spacial score (nSPS) is 10.7. The summed E-state index contributed by atoms with van der Waals surface area (Å²) in [4.78, 5) is 13.1. The van der Waals surface area contributed by atoms with Crippen LogP contribution in [0.1, 0.15) is 0 Å². The fourth-order valence-corrected chi connectivity index (χ4v) is 2.98. The number of hydrogen-bond donors (Lipinski definition) is 3. The van der Waals surface area contributed by atoms with Gasteiger partial charge in [0.05, 0.1) is 28.4 Å². The number of fused-ring (bicyclic) bond motifs is 1. The minimum absolute atomic E-state index is 0.000273. The van der Waals surface area contributed by atoms with Crippen molar-refractivity contribution in [2.24, 2.45) is 0 Å². The van der Waals surface area contributed by atoms with E-state index in [1.54, 1.807) is 0 Å². The minimum atomic E-state index is -0.594. The highest BCUT2D eigenvalue weighted by molar-refractivity contribution is 5.91. The van der Waals surface area contributed by atoms with Crippen LogP contribution in [-0.4, -0.2) is 43.8 Å².